The Morgan fingerprint density at radius 2 is 2.27 bits per heavy atom. The van der Waals surface area contributed by atoms with Crippen molar-refractivity contribution in [3.63, 3.8) is 0 Å². The van der Waals surface area contributed by atoms with Gasteiger partial charge in [-0.15, -0.1) is 0 Å². The van der Waals surface area contributed by atoms with Crippen molar-refractivity contribution in [2.75, 3.05) is 19.3 Å². The van der Waals surface area contributed by atoms with Crippen LogP contribution in [0.25, 0.3) is 0 Å². The highest BCUT2D eigenvalue weighted by Gasteiger charge is 2.30. The molecule has 8 heteroatoms. The molecule has 0 unspecified atom stereocenters. The Balaban J connectivity index is 2.00. The van der Waals surface area contributed by atoms with Crippen molar-refractivity contribution >= 4 is 15.9 Å². The second-order valence-corrected chi connectivity index (χ2v) is 7.74. The fourth-order valence-electron chi connectivity index (χ4n) is 2.84. The van der Waals surface area contributed by atoms with E-state index < -0.39 is 10.0 Å². The third-order valence-electron chi connectivity index (χ3n) is 4.08. The first-order valence-corrected chi connectivity index (χ1v) is 9.45. The van der Waals surface area contributed by atoms with Gasteiger partial charge in [-0.1, -0.05) is 0 Å². The monoisotopic (exact) mass is 328 g/mol. The molecule has 1 amide bonds. The molecule has 7 nitrogen and oxygen atoms in total. The van der Waals surface area contributed by atoms with Crippen LogP contribution >= 0.6 is 0 Å². The summed E-state index contributed by atoms with van der Waals surface area (Å²) in [6, 6.07) is 1.74. The Labute approximate surface area is 131 Å². The van der Waals surface area contributed by atoms with E-state index in [1.54, 1.807) is 6.20 Å². The van der Waals surface area contributed by atoms with Crippen molar-refractivity contribution in [2.24, 2.45) is 5.92 Å². The van der Waals surface area contributed by atoms with Crippen LogP contribution in [0.4, 0.5) is 0 Å². The third-order valence-corrected chi connectivity index (χ3v) is 5.34. The van der Waals surface area contributed by atoms with Gasteiger partial charge in [-0.3, -0.25) is 9.48 Å². The van der Waals surface area contributed by atoms with Crippen LogP contribution in [0.5, 0.6) is 0 Å². The molecule has 1 aromatic rings. The molecule has 1 N–H and O–H groups in total. The number of sulfonamides is 1. The number of nitrogens with zero attached hydrogens (tertiary/aromatic N) is 3. The number of aromatic nitrogens is 2. The second kappa shape index (κ2) is 6.78. The number of nitrogens with one attached hydrogen (secondary N) is 1. The van der Waals surface area contributed by atoms with Gasteiger partial charge in [0.2, 0.25) is 15.9 Å². The summed E-state index contributed by atoms with van der Waals surface area (Å²) in [4.78, 5) is 12.4. The maximum Gasteiger partial charge on any atom is 0.224 e. The van der Waals surface area contributed by atoms with Crippen LogP contribution in [0, 0.1) is 5.92 Å². The highest BCUT2D eigenvalue weighted by Crippen LogP contribution is 2.20. The zero-order valence-corrected chi connectivity index (χ0v) is 14.1. The summed E-state index contributed by atoms with van der Waals surface area (Å²) in [6.45, 7) is 5.42. The van der Waals surface area contributed by atoms with E-state index in [9.17, 15) is 13.2 Å². The van der Waals surface area contributed by atoms with Gasteiger partial charge in [-0.25, -0.2) is 12.7 Å². The molecule has 2 atom stereocenters. The fraction of sp³-hybridized carbons (Fsp3) is 0.714. The molecule has 0 spiro atoms. The topological polar surface area (TPSA) is 84.3 Å². The van der Waals surface area contributed by atoms with Gasteiger partial charge in [0.1, 0.15) is 0 Å². The van der Waals surface area contributed by atoms with Crippen molar-refractivity contribution < 1.29 is 13.2 Å². The maximum atomic E-state index is 12.4. The molecule has 1 aliphatic rings. The number of amides is 1. The van der Waals surface area contributed by atoms with Crippen molar-refractivity contribution in [2.45, 2.75) is 39.3 Å². The summed E-state index contributed by atoms with van der Waals surface area (Å²) in [5, 5.41) is 7.18. The van der Waals surface area contributed by atoms with Crippen LogP contribution < -0.4 is 5.32 Å². The molecule has 0 radical (unpaired) electrons. The van der Waals surface area contributed by atoms with E-state index in [0.717, 1.165) is 18.7 Å². The van der Waals surface area contributed by atoms with Gasteiger partial charge < -0.3 is 5.32 Å². The molecular weight excluding hydrogens is 304 g/mol. The molecule has 0 bridgehead atoms. The lowest BCUT2D eigenvalue weighted by Crippen LogP contribution is -2.45. The van der Waals surface area contributed by atoms with E-state index in [-0.39, 0.29) is 24.4 Å². The number of carbonyl (C=O) groups excluding carboxylic acids is 1. The van der Waals surface area contributed by atoms with Crippen LogP contribution in [0.3, 0.4) is 0 Å². The largest absolute Gasteiger partial charge is 0.348 e. The van der Waals surface area contributed by atoms with Crippen LogP contribution in [0.2, 0.25) is 0 Å². The zero-order chi connectivity index (χ0) is 16.3. The number of hydrogen-bond acceptors (Lipinski definition) is 4. The Hall–Kier alpha value is -1.41. The first kappa shape index (κ1) is 17.0. The van der Waals surface area contributed by atoms with Crippen molar-refractivity contribution in [1.29, 1.82) is 0 Å². The number of rotatable bonds is 5. The number of piperidine rings is 1. The average Bonchev–Trinajstić information content (AvgIpc) is 2.95. The molecule has 0 aliphatic carbocycles. The minimum absolute atomic E-state index is 0.0929. The lowest BCUT2D eigenvalue weighted by molar-refractivity contribution is -0.126. The fourth-order valence-corrected chi connectivity index (χ4v) is 3.75. The van der Waals surface area contributed by atoms with E-state index >= 15 is 0 Å². The number of carbonyl (C=O) groups is 1. The molecular formula is C14H24N4O3S. The average molecular weight is 328 g/mol. The molecule has 1 aromatic heterocycles. The molecule has 22 heavy (non-hydrogen) atoms. The minimum atomic E-state index is -3.24. The standard InChI is InChI=1S/C14H24N4O3S/c1-4-18-13(7-8-15-18)11(2)16-14(19)12-6-5-9-17(10-12)22(3,20)21/h7-8,11-12H,4-6,9-10H2,1-3H3,(H,16,19)/t11-,12+/m0/s1. The quantitative estimate of drug-likeness (QED) is 0.864. The van der Waals surface area contributed by atoms with Gasteiger partial charge in [0.25, 0.3) is 0 Å². The minimum Gasteiger partial charge on any atom is -0.348 e. The van der Waals surface area contributed by atoms with Gasteiger partial charge in [-0.2, -0.15) is 5.10 Å². The summed E-state index contributed by atoms with van der Waals surface area (Å²) in [5.74, 6) is -0.381. The smallest absolute Gasteiger partial charge is 0.224 e. The number of aryl methyl sites for hydroxylation is 1. The normalized spacial score (nSPS) is 21.5. The van der Waals surface area contributed by atoms with E-state index in [2.05, 4.69) is 10.4 Å². The predicted octanol–water partition coefficient (Wildman–Crippen LogP) is 0.752. The van der Waals surface area contributed by atoms with Gasteiger partial charge in [-0.05, 0) is 32.8 Å². The second-order valence-electron chi connectivity index (χ2n) is 5.76. The third kappa shape index (κ3) is 3.86. The molecule has 1 aliphatic heterocycles. The summed E-state index contributed by atoms with van der Waals surface area (Å²) in [6.07, 6.45) is 4.34. The Morgan fingerprint density at radius 3 is 2.91 bits per heavy atom. The molecule has 0 aromatic carbocycles. The van der Waals surface area contributed by atoms with Gasteiger partial charge in [0.05, 0.1) is 23.9 Å². The van der Waals surface area contributed by atoms with E-state index in [1.165, 1.54) is 10.6 Å². The Morgan fingerprint density at radius 1 is 1.55 bits per heavy atom. The van der Waals surface area contributed by atoms with Gasteiger partial charge in [0, 0.05) is 25.8 Å². The summed E-state index contributed by atoms with van der Waals surface area (Å²) >= 11 is 0. The van der Waals surface area contributed by atoms with Gasteiger partial charge in [0.15, 0.2) is 0 Å². The predicted molar refractivity (Wildman–Crippen MR) is 83.6 cm³/mol. The Bertz CT molecular complexity index is 626. The molecule has 1 fully saturated rings. The zero-order valence-electron chi connectivity index (χ0n) is 13.3. The summed E-state index contributed by atoms with van der Waals surface area (Å²) in [7, 11) is -3.24. The molecule has 0 saturated carbocycles. The SMILES string of the molecule is CCn1nccc1[C@H](C)NC(=O)[C@@H]1CCCN(S(C)(=O)=O)C1. The first-order valence-electron chi connectivity index (χ1n) is 7.60. The van der Waals surface area contributed by atoms with Crippen LogP contribution in [-0.2, 0) is 21.4 Å². The van der Waals surface area contributed by atoms with E-state index in [1.807, 2.05) is 24.6 Å². The van der Waals surface area contributed by atoms with E-state index in [4.69, 9.17) is 0 Å². The first-order chi connectivity index (χ1) is 10.3. The lowest BCUT2D eigenvalue weighted by Gasteiger charge is -2.30. The van der Waals surface area contributed by atoms with Crippen molar-refractivity contribution in [1.82, 2.24) is 19.4 Å². The Kier molecular flexibility index (Phi) is 5.23. The highest BCUT2D eigenvalue weighted by molar-refractivity contribution is 7.88. The van der Waals surface area contributed by atoms with Crippen molar-refractivity contribution in [3.8, 4) is 0 Å². The molecule has 124 valence electrons. The number of hydrogen-bond donors (Lipinski definition) is 1. The van der Waals surface area contributed by atoms with Crippen LogP contribution in [0.1, 0.15) is 38.4 Å². The van der Waals surface area contributed by atoms with Crippen LogP contribution in [0.15, 0.2) is 12.3 Å². The van der Waals surface area contributed by atoms with Crippen molar-refractivity contribution in [3.05, 3.63) is 18.0 Å². The summed E-state index contributed by atoms with van der Waals surface area (Å²) in [5.41, 5.74) is 0.951. The van der Waals surface area contributed by atoms with E-state index in [0.29, 0.717) is 13.0 Å². The van der Waals surface area contributed by atoms with Gasteiger partial charge >= 0.3 is 0 Å². The molecule has 2 heterocycles. The summed E-state index contributed by atoms with van der Waals surface area (Å²) < 4.78 is 26.5. The highest BCUT2D eigenvalue weighted by atomic mass is 32.2. The van der Waals surface area contributed by atoms with Crippen LogP contribution in [-0.4, -0.2) is 47.8 Å². The maximum absolute atomic E-state index is 12.4. The lowest BCUT2D eigenvalue weighted by atomic mass is 9.98. The molecule has 1 saturated heterocycles. The molecule has 2 rings (SSSR count).